The number of methoxy groups -OCH3 is 1. The zero-order valence-electron chi connectivity index (χ0n) is 10.2. The van der Waals surface area contributed by atoms with E-state index in [-0.39, 0.29) is 0 Å². The Balaban J connectivity index is 2.25. The average molecular weight is 227 g/mol. The van der Waals surface area contributed by atoms with Gasteiger partial charge in [-0.1, -0.05) is 30.3 Å². The number of para-hydroxylation sites is 1. The van der Waals surface area contributed by atoms with E-state index in [1.807, 2.05) is 24.3 Å². The average Bonchev–Trinajstić information content (AvgIpc) is 2.32. The van der Waals surface area contributed by atoms with Crippen molar-refractivity contribution in [2.45, 2.75) is 13.3 Å². The summed E-state index contributed by atoms with van der Waals surface area (Å²) in [7, 11) is 1.69. The Labute approximate surface area is 102 Å². The number of hydrogen-bond donors (Lipinski definition) is 1. The van der Waals surface area contributed by atoms with E-state index in [1.165, 1.54) is 5.56 Å². The van der Waals surface area contributed by atoms with Crippen LogP contribution in [0.3, 0.4) is 0 Å². The van der Waals surface area contributed by atoms with Gasteiger partial charge in [0.2, 0.25) is 0 Å². The van der Waals surface area contributed by atoms with Crippen molar-refractivity contribution in [3.8, 4) is 5.75 Å². The van der Waals surface area contributed by atoms with Crippen LogP contribution in [0.5, 0.6) is 5.75 Å². The zero-order chi connectivity index (χ0) is 12.3. The molecule has 0 unspecified atom stereocenters. The number of rotatable bonds is 3. The number of aryl methyl sites for hydroxylation is 1. The van der Waals surface area contributed by atoms with Gasteiger partial charge in [0, 0.05) is 5.69 Å². The van der Waals surface area contributed by atoms with Gasteiger partial charge in [-0.25, -0.2) is 0 Å². The maximum Gasteiger partial charge on any atom is 0.121 e. The molecule has 2 aromatic carbocycles. The van der Waals surface area contributed by atoms with Gasteiger partial charge in [0.25, 0.3) is 0 Å². The molecule has 0 saturated carbocycles. The van der Waals surface area contributed by atoms with Crippen molar-refractivity contribution >= 4 is 5.69 Å². The van der Waals surface area contributed by atoms with Crippen LogP contribution >= 0.6 is 0 Å². The molecule has 0 radical (unpaired) electrons. The first-order valence-corrected chi connectivity index (χ1v) is 5.67. The molecule has 0 aliphatic rings. The summed E-state index contributed by atoms with van der Waals surface area (Å²) in [5.74, 6) is 0.926. The molecule has 0 aliphatic heterocycles. The SMILES string of the molecule is COc1ccc(Cc2ccccc2N)cc1C. The Morgan fingerprint density at radius 1 is 1.12 bits per heavy atom. The summed E-state index contributed by atoms with van der Waals surface area (Å²) in [6.07, 6.45) is 0.859. The number of nitrogens with two attached hydrogens (primary N) is 1. The lowest BCUT2D eigenvalue weighted by Crippen LogP contribution is -1.96. The Morgan fingerprint density at radius 3 is 2.53 bits per heavy atom. The van der Waals surface area contributed by atoms with E-state index in [0.717, 1.165) is 29.0 Å². The molecule has 88 valence electrons. The minimum Gasteiger partial charge on any atom is -0.496 e. The van der Waals surface area contributed by atoms with Crippen LogP contribution in [0.1, 0.15) is 16.7 Å². The number of ether oxygens (including phenoxy) is 1. The lowest BCUT2D eigenvalue weighted by Gasteiger charge is -2.09. The summed E-state index contributed by atoms with van der Waals surface area (Å²) >= 11 is 0. The van der Waals surface area contributed by atoms with Gasteiger partial charge in [0.05, 0.1) is 7.11 Å². The zero-order valence-corrected chi connectivity index (χ0v) is 10.2. The highest BCUT2D eigenvalue weighted by Crippen LogP contribution is 2.22. The van der Waals surface area contributed by atoms with Crippen molar-refractivity contribution in [1.82, 2.24) is 0 Å². The number of hydrogen-bond acceptors (Lipinski definition) is 2. The second-order valence-electron chi connectivity index (χ2n) is 4.18. The fourth-order valence-electron chi connectivity index (χ4n) is 1.97. The maximum absolute atomic E-state index is 5.94. The van der Waals surface area contributed by atoms with Crippen LogP contribution in [-0.2, 0) is 6.42 Å². The van der Waals surface area contributed by atoms with E-state index in [0.29, 0.717) is 0 Å². The third kappa shape index (κ3) is 2.59. The molecule has 2 nitrogen and oxygen atoms in total. The van der Waals surface area contributed by atoms with Crippen molar-refractivity contribution in [1.29, 1.82) is 0 Å². The Bertz CT molecular complexity index is 520. The van der Waals surface area contributed by atoms with Gasteiger partial charge in [-0.05, 0) is 42.2 Å². The van der Waals surface area contributed by atoms with Gasteiger partial charge < -0.3 is 10.5 Å². The molecular weight excluding hydrogens is 210 g/mol. The molecule has 2 N–H and O–H groups in total. The molecule has 0 bridgehead atoms. The van der Waals surface area contributed by atoms with Gasteiger partial charge in [0.15, 0.2) is 0 Å². The second kappa shape index (κ2) is 4.91. The Morgan fingerprint density at radius 2 is 1.88 bits per heavy atom. The normalized spacial score (nSPS) is 10.2. The standard InChI is InChI=1S/C15H17NO/c1-11-9-12(7-8-15(11)17-2)10-13-5-3-4-6-14(13)16/h3-9H,10,16H2,1-2H3. The van der Waals surface area contributed by atoms with Crippen LogP contribution in [0.4, 0.5) is 5.69 Å². The summed E-state index contributed by atoms with van der Waals surface area (Å²) in [6, 6.07) is 14.2. The van der Waals surface area contributed by atoms with Gasteiger partial charge in [-0.3, -0.25) is 0 Å². The molecule has 0 fully saturated rings. The first-order valence-electron chi connectivity index (χ1n) is 5.67. The van der Waals surface area contributed by atoms with Gasteiger partial charge >= 0.3 is 0 Å². The van der Waals surface area contributed by atoms with Crippen LogP contribution < -0.4 is 10.5 Å². The first-order chi connectivity index (χ1) is 8.20. The highest BCUT2D eigenvalue weighted by atomic mass is 16.5. The summed E-state index contributed by atoms with van der Waals surface area (Å²) in [5.41, 5.74) is 10.4. The van der Waals surface area contributed by atoms with E-state index in [4.69, 9.17) is 10.5 Å². The quantitative estimate of drug-likeness (QED) is 0.817. The van der Waals surface area contributed by atoms with E-state index in [9.17, 15) is 0 Å². The van der Waals surface area contributed by atoms with Crippen molar-refractivity contribution in [2.24, 2.45) is 0 Å². The van der Waals surface area contributed by atoms with Crippen LogP contribution in [0, 0.1) is 6.92 Å². The molecular formula is C15H17NO. The number of nitrogen functional groups attached to an aromatic ring is 1. The molecule has 0 heterocycles. The molecule has 0 amide bonds. The fraction of sp³-hybridized carbons (Fsp3) is 0.200. The summed E-state index contributed by atoms with van der Waals surface area (Å²) in [4.78, 5) is 0. The second-order valence-corrected chi connectivity index (χ2v) is 4.18. The van der Waals surface area contributed by atoms with Crippen LogP contribution in [-0.4, -0.2) is 7.11 Å². The fourth-order valence-corrected chi connectivity index (χ4v) is 1.97. The molecule has 2 rings (SSSR count). The minimum absolute atomic E-state index is 0.848. The van der Waals surface area contributed by atoms with Gasteiger partial charge in [-0.15, -0.1) is 0 Å². The van der Waals surface area contributed by atoms with Gasteiger partial charge in [0.1, 0.15) is 5.75 Å². The molecule has 0 spiro atoms. The lowest BCUT2D eigenvalue weighted by atomic mass is 10.0. The van der Waals surface area contributed by atoms with E-state index < -0.39 is 0 Å². The van der Waals surface area contributed by atoms with Crippen molar-refractivity contribution in [2.75, 3.05) is 12.8 Å². The lowest BCUT2D eigenvalue weighted by molar-refractivity contribution is 0.411. The predicted molar refractivity (Wildman–Crippen MR) is 71.4 cm³/mol. The number of anilines is 1. The summed E-state index contributed by atoms with van der Waals surface area (Å²) < 4.78 is 5.25. The van der Waals surface area contributed by atoms with Crippen LogP contribution in [0.25, 0.3) is 0 Å². The van der Waals surface area contributed by atoms with E-state index >= 15 is 0 Å². The minimum atomic E-state index is 0.848. The third-order valence-corrected chi connectivity index (χ3v) is 2.91. The molecule has 2 aromatic rings. The van der Waals surface area contributed by atoms with E-state index in [1.54, 1.807) is 7.11 Å². The van der Waals surface area contributed by atoms with Crippen molar-refractivity contribution in [3.63, 3.8) is 0 Å². The smallest absolute Gasteiger partial charge is 0.121 e. The molecule has 17 heavy (non-hydrogen) atoms. The monoisotopic (exact) mass is 227 g/mol. The molecule has 0 aliphatic carbocycles. The first kappa shape index (κ1) is 11.5. The van der Waals surface area contributed by atoms with Crippen molar-refractivity contribution in [3.05, 3.63) is 59.2 Å². The Hall–Kier alpha value is -1.96. The molecule has 0 atom stereocenters. The highest BCUT2D eigenvalue weighted by molar-refractivity contribution is 5.49. The Kier molecular flexibility index (Phi) is 3.33. The van der Waals surface area contributed by atoms with Crippen LogP contribution in [0.15, 0.2) is 42.5 Å². The molecule has 0 aromatic heterocycles. The molecule has 2 heteroatoms. The largest absolute Gasteiger partial charge is 0.496 e. The highest BCUT2D eigenvalue weighted by Gasteiger charge is 2.03. The summed E-state index contributed by atoms with van der Waals surface area (Å²) in [6.45, 7) is 2.05. The topological polar surface area (TPSA) is 35.2 Å². The van der Waals surface area contributed by atoms with Crippen molar-refractivity contribution < 1.29 is 4.74 Å². The number of benzene rings is 2. The van der Waals surface area contributed by atoms with Crippen LogP contribution in [0.2, 0.25) is 0 Å². The molecule has 0 saturated heterocycles. The third-order valence-electron chi connectivity index (χ3n) is 2.91. The van der Waals surface area contributed by atoms with Gasteiger partial charge in [-0.2, -0.15) is 0 Å². The maximum atomic E-state index is 5.94. The van der Waals surface area contributed by atoms with E-state index in [2.05, 4.69) is 25.1 Å². The summed E-state index contributed by atoms with van der Waals surface area (Å²) in [5, 5.41) is 0. The predicted octanol–water partition coefficient (Wildman–Crippen LogP) is 3.18.